The van der Waals surface area contributed by atoms with Gasteiger partial charge in [-0.15, -0.1) is 0 Å². The number of rotatable bonds is 9. The van der Waals surface area contributed by atoms with Gasteiger partial charge >= 0.3 is 0 Å². The molecule has 0 fully saturated rings. The normalized spacial score (nSPS) is 11.1. The first kappa shape index (κ1) is 68.5. The summed E-state index contributed by atoms with van der Waals surface area (Å²) in [6.45, 7) is 0. The highest BCUT2D eigenvalue weighted by molar-refractivity contribution is 6.26. The van der Waals surface area contributed by atoms with Crippen molar-refractivity contribution in [3.8, 4) is 119 Å². The molecule has 0 aliphatic carbocycles. The Morgan fingerprint density at radius 3 is 0.965 bits per heavy atom. The number of aromatic nitrogens is 6. The van der Waals surface area contributed by atoms with Gasteiger partial charge in [0.25, 0.3) is 0 Å². The van der Waals surface area contributed by atoms with E-state index < -0.39 is 0 Å². The quantitative estimate of drug-likeness (QED) is 0.129. The van der Waals surface area contributed by atoms with Crippen molar-refractivity contribution in [2.24, 2.45) is 0 Å². The van der Waals surface area contributed by atoms with E-state index in [0.717, 1.165) is 72.4 Å². The number of benzene rings is 15. The molecule has 0 saturated carbocycles. The number of nitrogens with zero attached hydrogens (tertiary/aromatic N) is 9. The molecule has 0 atom stereocenters. The third-order valence-corrected chi connectivity index (χ3v) is 21.4. The van der Waals surface area contributed by atoms with Gasteiger partial charge in [-0.25, -0.2) is 15.0 Å². The average molecular weight is 1450 g/mol. The van der Waals surface area contributed by atoms with Crippen LogP contribution in [0.4, 0.5) is 0 Å². The van der Waals surface area contributed by atoms with E-state index in [0.29, 0.717) is 22.5 Å². The maximum Gasteiger partial charge on any atom is 0.141 e. The van der Waals surface area contributed by atoms with Crippen LogP contribution in [-0.2, 0) is 0 Å². The highest BCUT2D eigenvalue weighted by atomic mass is 14.8. The summed E-state index contributed by atoms with van der Waals surface area (Å²) in [5, 5.41) is 49.5. The van der Waals surface area contributed by atoms with Crippen LogP contribution in [0.15, 0.2) is 383 Å². The standard InChI is InChI=1S/3C35H21N3/c36-20-23-17-27(22-37-21-23)32-15-8-16-33(38-32)35-29-14-7-6-13-28(29)34(24-9-2-1-3-10-24)30-18-25-11-4-5-12-26(25)19-31(30)35;36-22-27-19-26(17-18-37-27)32-15-8-16-33(38-32)35-29-14-7-6-13-28(29)34(23-9-2-1-3-10-23)30-20-24-11-4-5-12-25(24)21-31(30)35;36-21-23-16-17-37-33(18-23)32-15-14-27(22-38-32)35-29-13-7-6-12-28(29)34(24-8-2-1-3-9-24)30-19-25-10-4-5-11-26(25)20-31(30)35/h1-19,21-22H;1-21H;1-20,22H. The molecule has 0 aliphatic rings. The van der Waals surface area contributed by atoms with Crippen molar-refractivity contribution >= 4 is 97.0 Å². The fourth-order valence-corrected chi connectivity index (χ4v) is 16.3. The highest BCUT2D eigenvalue weighted by Gasteiger charge is 2.23. The lowest BCUT2D eigenvalue weighted by atomic mass is 9.85. The van der Waals surface area contributed by atoms with Gasteiger partial charge in [0.15, 0.2) is 0 Å². The zero-order chi connectivity index (χ0) is 76.4. The van der Waals surface area contributed by atoms with E-state index in [1.807, 2.05) is 48.7 Å². The topological polar surface area (TPSA) is 149 Å². The summed E-state index contributed by atoms with van der Waals surface area (Å²) in [6, 6.07) is 129. The van der Waals surface area contributed by atoms with Crippen molar-refractivity contribution in [3.63, 3.8) is 0 Å². The summed E-state index contributed by atoms with van der Waals surface area (Å²) >= 11 is 0. The van der Waals surface area contributed by atoms with Crippen molar-refractivity contribution in [1.29, 1.82) is 15.8 Å². The van der Waals surface area contributed by atoms with E-state index in [4.69, 9.17) is 15.0 Å². The van der Waals surface area contributed by atoms with Crippen molar-refractivity contribution in [2.45, 2.75) is 0 Å². The predicted molar refractivity (Wildman–Crippen MR) is 467 cm³/mol. The van der Waals surface area contributed by atoms with E-state index in [1.165, 1.54) is 120 Å². The Labute approximate surface area is 657 Å². The molecular weight excluding hydrogens is 1390 g/mol. The molecule has 21 aromatic rings. The molecule has 0 unspecified atom stereocenters. The summed E-state index contributed by atoms with van der Waals surface area (Å²) < 4.78 is 0. The average Bonchev–Trinajstić information content (AvgIpc) is 0.737. The van der Waals surface area contributed by atoms with Crippen LogP contribution in [0.1, 0.15) is 16.8 Å². The van der Waals surface area contributed by atoms with Gasteiger partial charge in [-0.05, 0) is 233 Å². The molecule has 528 valence electrons. The van der Waals surface area contributed by atoms with E-state index in [9.17, 15) is 15.8 Å². The minimum absolute atomic E-state index is 0.379. The molecule has 114 heavy (non-hydrogen) atoms. The number of hydrogen-bond donors (Lipinski definition) is 0. The smallest absolute Gasteiger partial charge is 0.141 e. The molecule has 0 aliphatic heterocycles. The predicted octanol–water partition coefficient (Wildman–Crippen LogP) is 26.4. The zero-order valence-electron chi connectivity index (χ0n) is 61.4. The number of pyridine rings is 6. The van der Waals surface area contributed by atoms with Crippen LogP contribution in [0.3, 0.4) is 0 Å². The second kappa shape index (κ2) is 29.9. The van der Waals surface area contributed by atoms with Gasteiger partial charge in [0.2, 0.25) is 0 Å². The number of hydrogen-bond acceptors (Lipinski definition) is 9. The first-order valence-electron chi connectivity index (χ1n) is 37.7. The first-order chi connectivity index (χ1) is 56.4. The fourth-order valence-electron chi connectivity index (χ4n) is 16.3. The molecule has 0 N–H and O–H groups in total. The van der Waals surface area contributed by atoms with Gasteiger partial charge < -0.3 is 0 Å². The van der Waals surface area contributed by atoms with Crippen LogP contribution >= 0.6 is 0 Å². The third kappa shape index (κ3) is 12.8. The van der Waals surface area contributed by atoms with Gasteiger partial charge in [0, 0.05) is 58.8 Å². The Balaban J connectivity index is 0.000000115. The SMILES string of the molecule is N#Cc1cc(-c2cccc(-c3c4ccccc4c(-c4ccccc4)c4cc5ccccc5cc34)n2)ccn1.N#Cc1ccnc(-c2ccc(-c3c4ccccc4c(-c4ccccc4)c4cc5ccccc5cc34)cn2)c1.N#Cc1cncc(-c2cccc(-c3c4ccccc4c(-c4ccccc4)c4cc5ccccc5cc34)n2)c1. The van der Waals surface area contributed by atoms with Gasteiger partial charge in [-0.3, -0.25) is 15.0 Å². The number of fused-ring (bicyclic) bond motifs is 9. The molecule has 21 rings (SSSR count). The van der Waals surface area contributed by atoms with Gasteiger partial charge in [0.1, 0.15) is 17.8 Å². The van der Waals surface area contributed by atoms with Crippen molar-refractivity contribution in [2.75, 3.05) is 0 Å². The highest BCUT2D eigenvalue weighted by Crippen LogP contribution is 2.49. The maximum absolute atomic E-state index is 9.37. The monoisotopic (exact) mass is 1450 g/mol. The van der Waals surface area contributed by atoms with E-state index in [1.54, 1.807) is 43.0 Å². The Bertz CT molecular complexity index is 7180. The fraction of sp³-hybridized carbons (Fsp3) is 0. The summed E-state index contributed by atoms with van der Waals surface area (Å²) in [5.74, 6) is 0. The second-order valence-electron chi connectivity index (χ2n) is 28.1. The lowest BCUT2D eigenvalue weighted by Crippen LogP contribution is -1.94. The Morgan fingerprint density at radius 2 is 0.561 bits per heavy atom. The summed E-state index contributed by atoms with van der Waals surface area (Å²) in [5.41, 5.74) is 19.7. The first-order valence-corrected chi connectivity index (χ1v) is 37.7. The van der Waals surface area contributed by atoms with E-state index in [2.05, 4.69) is 324 Å². The lowest BCUT2D eigenvalue weighted by Gasteiger charge is -2.18. The molecule has 0 radical (unpaired) electrons. The molecule has 0 saturated heterocycles. The van der Waals surface area contributed by atoms with Crippen molar-refractivity contribution in [3.05, 3.63) is 400 Å². The third-order valence-electron chi connectivity index (χ3n) is 21.4. The van der Waals surface area contributed by atoms with Crippen LogP contribution < -0.4 is 0 Å². The Hall–Kier alpha value is -16.0. The largest absolute Gasteiger partial charge is 0.263 e. The molecular formula is C105H63N9. The van der Waals surface area contributed by atoms with Crippen LogP contribution in [0.25, 0.3) is 198 Å². The van der Waals surface area contributed by atoms with Crippen LogP contribution in [0.5, 0.6) is 0 Å². The van der Waals surface area contributed by atoms with Gasteiger partial charge in [0.05, 0.1) is 51.4 Å². The molecule has 9 nitrogen and oxygen atoms in total. The molecule has 0 amide bonds. The van der Waals surface area contributed by atoms with Gasteiger partial charge in [-0.1, -0.05) is 255 Å². The van der Waals surface area contributed by atoms with Crippen molar-refractivity contribution < 1.29 is 0 Å². The lowest BCUT2D eigenvalue weighted by molar-refractivity contribution is 1.24. The molecule has 6 heterocycles. The second-order valence-corrected chi connectivity index (χ2v) is 28.1. The van der Waals surface area contributed by atoms with Crippen molar-refractivity contribution in [1.82, 2.24) is 29.9 Å². The van der Waals surface area contributed by atoms with E-state index >= 15 is 0 Å². The molecule has 9 heteroatoms. The summed E-state index contributed by atoms with van der Waals surface area (Å²) in [6.07, 6.45) is 8.57. The molecule has 6 aromatic heterocycles. The van der Waals surface area contributed by atoms with Gasteiger partial charge in [-0.2, -0.15) is 15.8 Å². The minimum Gasteiger partial charge on any atom is -0.263 e. The maximum atomic E-state index is 9.37. The molecule has 15 aromatic carbocycles. The number of nitriles is 3. The van der Waals surface area contributed by atoms with E-state index in [-0.39, 0.29) is 0 Å². The molecule has 0 bridgehead atoms. The van der Waals surface area contributed by atoms with Crippen LogP contribution in [0.2, 0.25) is 0 Å². The molecule has 0 spiro atoms. The Morgan fingerprint density at radius 1 is 0.193 bits per heavy atom. The van der Waals surface area contributed by atoms with Crippen LogP contribution in [0, 0.1) is 34.0 Å². The summed E-state index contributed by atoms with van der Waals surface area (Å²) in [7, 11) is 0. The summed E-state index contributed by atoms with van der Waals surface area (Å²) in [4.78, 5) is 27.8. The minimum atomic E-state index is 0.379. The zero-order valence-corrected chi connectivity index (χ0v) is 61.4. The Kier molecular flexibility index (Phi) is 18.0. The van der Waals surface area contributed by atoms with Crippen LogP contribution in [-0.4, -0.2) is 29.9 Å².